The van der Waals surface area contributed by atoms with Crippen molar-refractivity contribution in [3.63, 3.8) is 0 Å². The van der Waals surface area contributed by atoms with Gasteiger partial charge in [0, 0.05) is 29.9 Å². The van der Waals surface area contributed by atoms with E-state index in [4.69, 9.17) is 0 Å². The van der Waals surface area contributed by atoms with E-state index in [2.05, 4.69) is 22.5 Å². The first kappa shape index (κ1) is 12.6. The van der Waals surface area contributed by atoms with Crippen LogP contribution in [0.4, 0.5) is 0 Å². The Kier molecular flexibility index (Phi) is 3.05. The molecular weight excluding hydrogens is 238 g/mol. The van der Waals surface area contributed by atoms with Crippen LogP contribution in [0.5, 0.6) is 0 Å². The van der Waals surface area contributed by atoms with Crippen molar-refractivity contribution in [1.29, 1.82) is 0 Å². The zero-order chi connectivity index (χ0) is 13.5. The molecule has 1 aliphatic carbocycles. The van der Waals surface area contributed by atoms with E-state index < -0.39 is 0 Å². The van der Waals surface area contributed by atoms with Gasteiger partial charge in [-0.2, -0.15) is 0 Å². The number of amides is 1. The summed E-state index contributed by atoms with van der Waals surface area (Å²) in [5.74, 6) is 0.00924. The van der Waals surface area contributed by atoms with Gasteiger partial charge in [-0.25, -0.2) is 0 Å². The van der Waals surface area contributed by atoms with Gasteiger partial charge in [0.1, 0.15) is 0 Å². The Hall–Kier alpha value is -1.42. The molecule has 102 valence electrons. The van der Waals surface area contributed by atoms with Gasteiger partial charge in [-0.3, -0.25) is 9.78 Å². The van der Waals surface area contributed by atoms with Crippen molar-refractivity contribution in [1.82, 2.24) is 15.6 Å². The molecule has 0 bridgehead atoms. The van der Waals surface area contributed by atoms with Crippen molar-refractivity contribution in [3.05, 3.63) is 29.6 Å². The Balaban J connectivity index is 1.73. The fraction of sp³-hybridized carbons (Fsp3) is 0.600. The molecule has 1 aliphatic heterocycles. The van der Waals surface area contributed by atoms with E-state index in [1.807, 2.05) is 13.0 Å². The highest BCUT2D eigenvalue weighted by molar-refractivity contribution is 5.94. The molecule has 2 N–H and O–H groups in total. The van der Waals surface area contributed by atoms with Crippen molar-refractivity contribution in [2.75, 3.05) is 6.54 Å². The van der Waals surface area contributed by atoms with Crippen LogP contribution < -0.4 is 10.6 Å². The van der Waals surface area contributed by atoms with Gasteiger partial charge < -0.3 is 10.6 Å². The minimum atomic E-state index is 0.00924. The first-order valence-corrected chi connectivity index (χ1v) is 7.05. The highest BCUT2D eigenvalue weighted by Gasteiger charge is 2.49. The number of hydrogen-bond acceptors (Lipinski definition) is 3. The first-order chi connectivity index (χ1) is 9.09. The molecule has 0 spiro atoms. The maximum atomic E-state index is 12.3. The molecule has 0 radical (unpaired) electrons. The summed E-state index contributed by atoms with van der Waals surface area (Å²) < 4.78 is 0. The Morgan fingerprint density at radius 1 is 1.47 bits per heavy atom. The normalized spacial score (nSPS) is 33.2. The summed E-state index contributed by atoms with van der Waals surface area (Å²) in [5.41, 5.74) is 1.90. The summed E-state index contributed by atoms with van der Waals surface area (Å²) in [5, 5.41) is 6.76. The molecule has 1 aromatic heterocycles. The molecular formula is C15H21N3O. The predicted molar refractivity (Wildman–Crippen MR) is 74.0 cm³/mol. The van der Waals surface area contributed by atoms with Crippen LogP contribution in [0.15, 0.2) is 18.5 Å². The zero-order valence-electron chi connectivity index (χ0n) is 11.6. The van der Waals surface area contributed by atoms with E-state index in [0.717, 1.165) is 31.4 Å². The number of carbonyl (C=O) groups excluding carboxylic acids is 1. The summed E-state index contributed by atoms with van der Waals surface area (Å²) in [6, 6.07) is 2.73. The minimum Gasteiger partial charge on any atom is -0.349 e. The second kappa shape index (κ2) is 4.60. The van der Waals surface area contributed by atoms with Gasteiger partial charge in [0.25, 0.3) is 5.91 Å². The lowest BCUT2D eigenvalue weighted by Crippen LogP contribution is -2.46. The van der Waals surface area contributed by atoms with Crippen LogP contribution in [0.3, 0.4) is 0 Å². The monoisotopic (exact) mass is 259 g/mol. The van der Waals surface area contributed by atoms with Gasteiger partial charge in [-0.1, -0.05) is 6.92 Å². The molecule has 2 heterocycles. The highest BCUT2D eigenvalue weighted by Crippen LogP contribution is 2.44. The van der Waals surface area contributed by atoms with Crippen molar-refractivity contribution in [2.24, 2.45) is 5.41 Å². The first-order valence-electron chi connectivity index (χ1n) is 7.05. The summed E-state index contributed by atoms with van der Waals surface area (Å²) >= 11 is 0. The van der Waals surface area contributed by atoms with E-state index in [9.17, 15) is 4.79 Å². The SMILES string of the molecule is Cc1cncc(C(=O)NC2CCC3NCCC32C)c1. The van der Waals surface area contributed by atoms with Gasteiger partial charge in [0.15, 0.2) is 0 Å². The standard InChI is InChI=1S/C15H21N3O/c1-10-7-11(9-16-8-10)14(19)18-13-4-3-12-15(13,2)5-6-17-12/h7-9,12-13,17H,3-6H2,1-2H3,(H,18,19). The molecule has 3 atom stereocenters. The summed E-state index contributed by atoms with van der Waals surface area (Å²) in [4.78, 5) is 16.4. The smallest absolute Gasteiger partial charge is 0.253 e. The molecule has 1 saturated heterocycles. The Morgan fingerprint density at radius 3 is 3.11 bits per heavy atom. The molecule has 3 rings (SSSR count). The minimum absolute atomic E-state index is 0.00924. The third-order valence-electron chi connectivity index (χ3n) is 4.83. The third kappa shape index (κ3) is 2.14. The van der Waals surface area contributed by atoms with E-state index in [1.54, 1.807) is 12.4 Å². The van der Waals surface area contributed by atoms with Crippen LogP contribution >= 0.6 is 0 Å². The number of aromatic nitrogens is 1. The molecule has 4 heteroatoms. The second-order valence-corrected chi connectivity index (χ2v) is 6.12. The summed E-state index contributed by atoms with van der Waals surface area (Å²) in [6.45, 7) is 5.32. The Bertz CT molecular complexity index is 502. The van der Waals surface area contributed by atoms with Crippen molar-refractivity contribution in [3.8, 4) is 0 Å². The molecule has 1 aromatic rings. The van der Waals surface area contributed by atoms with Crippen LogP contribution in [-0.2, 0) is 0 Å². The number of rotatable bonds is 2. The molecule has 1 saturated carbocycles. The van der Waals surface area contributed by atoms with Gasteiger partial charge in [0.2, 0.25) is 0 Å². The topological polar surface area (TPSA) is 54.0 Å². The predicted octanol–water partition coefficient (Wildman–Crippen LogP) is 1.65. The maximum Gasteiger partial charge on any atom is 0.253 e. The van der Waals surface area contributed by atoms with Crippen molar-refractivity contribution in [2.45, 2.75) is 45.2 Å². The molecule has 2 fully saturated rings. The lowest BCUT2D eigenvalue weighted by molar-refractivity contribution is 0.0903. The molecule has 4 nitrogen and oxygen atoms in total. The fourth-order valence-corrected chi connectivity index (χ4v) is 3.59. The number of carbonyl (C=O) groups is 1. The number of pyridine rings is 1. The zero-order valence-corrected chi connectivity index (χ0v) is 11.6. The second-order valence-electron chi connectivity index (χ2n) is 6.12. The maximum absolute atomic E-state index is 12.3. The number of aryl methyl sites for hydroxylation is 1. The van der Waals surface area contributed by atoms with Crippen LogP contribution in [0.1, 0.15) is 42.1 Å². The fourth-order valence-electron chi connectivity index (χ4n) is 3.59. The number of nitrogens with zero attached hydrogens (tertiary/aromatic N) is 1. The lowest BCUT2D eigenvalue weighted by atomic mass is 9.81. The Morgan fingerprint density at radius 2 is 2.32 bits per heavy atom. The van der Waals surface area contributed by atoms with Crippen LogP contribution in [-0.4, -0.2) is 29.5 Å². The highest BCUT2D eigenvalue weighted by atomic mass is 16.1. The van der Waals surface area contributed by atoms with Gasteiger partial charge in [0.05, 0.1) is 5.56 Å². The molecule has 3 unspecified atom stereocenters. The van der Waals surface area contributed by atoms with Crippen molar-refractivity contribution >= 4 is 5.91 Å². The van der Waals surface area contributed by atoms with Crippen LogP contribution in [0, 0.1) is 12.3 Å². The summed E-state index contributed by atoms with van der Waals surface area (Å²) in [6.07, 6.45) is 6.79. The number of nitrogens with one attached hydrogen (secondary N) is 2. The van der Waals surface area contributed by atoms with Gasteiger partial charge in [-0.05, 0) is 44.4 Å². The van der Waals surface area contributed by atoms with Crippen molar-refractivity contribution < 1.29 is 4.79 Å². The molecule has 1 amide bonds. The van der Waals surface area contributed by atoms with E-state index in [0.29, 0.717) is 11.6 Å². The Labute approximate surface area is 114 Å². The van der Waals surface area contributed by atoms with Crippen LogP contribution in [0.2, 0.25) is 0 Å². The van der Waals surface area contributed by atoms with E-state index in [-0.39, 0.29) is 17.4 Å². The van der Waals surface area contributed by atoms with Gasteiger partial charge in [-0.15, -0.1) is 0 Å². The summed E-state index contributed by atoms with van der Waals surface area (Å²) in [7, 11) is 0. The van der Waals surface area contributed by atoms with E-state index >= 15 is 0 Å². The largest absolute Gasteiger partial charge is 0.349 e. The van der Waals surface area contributed by atoms with E-state index in [1.165, 1.54) is 0 Å². The van der Waals surface area contributed by atoms with Gasteiger partial charge >= 0.3 is 0 Å². The molecule has 2 aliphatic rings. The quantitative estimate of drug-likeness (QED) is 0.849. The molecule has 19 heavy (non-hydrogen) atoms. The lowest BCUT2D eigenvalue weighted by Gasteiger charge is -2.31. The number of hydrogen-bond donors (Lipinski definition) is 2. The number of fused-ring (bicyclic) bond motifs is 1. The third-order valence-corrected chi connectivity index (χ3v) is 4.83. The van der Waals surface area contributed by atoms with Crippen LogP contribution in [0.25, 0.3) is 0 Å². The average molecular weight is 259 g/mol. The molecule has 0 aromatic carbocycles. The average Bonchev–Trinajstić information content (AvgIpc) is 2.88.